The van der Waals surface area contributed by atoms with Crippen LogP contribution < -0.4 is 0 Å². The fraction of sp³-hybridized carbons (Fsp3) is 0.609. The molecule has 0 amide bonds. The number of hydrogen-bond donors (Lipinski definition) is 0. The van der Waals surface area contributed by atoms with Crippen molar-refractivity contribution in [3.8, 4) is 12.3 Å². The van der Waals surface area contributed by atoms with Crippen molar-refractivity contribution in [1.29, 1.82) is 0 Å². The number of rotatable bonds is 4. The third-order valence-electron chi connectivity index (χ3n) is 6.52. The molecule has 0 aliphatic carbocycles. The minimum Gasteiger partial charge on any atom is -0.551 e. The Labute approximate surface area is 167 Å². The lowest BCUT2D eigenvalue weighted by atomic mass is 9.51. The van der Waals surface area contributed by atoms with Gasteiger partial charge >= 0.3 is 6.92 Å². The van der Waals surface area contributed by atoms with Crippen LogP contribution in [-0.2, 0) is 4.65 Å². The lowest BCUT2D eigenvalue weighted by molar-refractivity contribution is 0.411. The maximum absolute atomic E-state index is 6.67. The molecule has 27 heavy (non-hydrogen) atoms. The highest BCUT2D eigenvalue weighted by Crippen LogP contribution is 2.50. The summed E-state index contributed by atoms with van der Waals surface area (Å²) in [6, 6.07) is 9.87. The first-order valence-corrected chi connectivity index (χ1v) is 14.2. The van der Waals surface area contributed by atoms with Gasteiger partial charge in [-0.15, -0.1) is 6.42 Å². The minimum atomic E-state index is -1.34. The Morgan fingerprint density at radius 2 is 1.78 bits per heavy atom. The molecule has 2 saturated heterocycles. The Morgan fingerprint density at radius 3 is 2.33 bits per heavy atom. The summed E-state index contributed by atoms with van der Waals surface area (Å²) in [5.74, 6) is 5.11. The van der Waals surface area contributed by atoms with Gasteiger partial charge in [0.25, 0.3) is 0 Å². The van der Waals surface area contributed by atoms with Gasteiger partial charge < -0.3 is 4.65 Å². The van der Waals surface area contributed by atoms with Crippen LogP contribution in [0.2, 0.25) is 30.9 Å². The summed E-state index contributed by atoms with van der Waals surface area (Å²) < 4.78 is 6.67. The largest absolute Gasteiger partial charge is 0.551 e. The Bertz CT molecular complexity index is 681. The lowest BCUT2D eigenvalue weighted by Gasteiger charge is -2.38. The van der Waals surface area contributed by atoms with Gasteiger partial charge in [-0.05, 0) is 22.7 Å². The quantitative estimate of drug-likeness (QED) is 0.257. The molecule has 3 rings (SSSR count). The SMILES string of the molecule is C#C[C@H](N=C(C)OB1C2CCCC(CCC2)C1[Si](C)(C)C)c1ccccc1. The van der Waals surface area contributed by atoms with Crippen molar-refractivity contribution in [2.45, 2.75) is 82.4 Å². The zero-order valence-corrected chi connectivity index (χ0v) is 18.4. The molecule has 2 atom stereocenters. The van der Waals surface area contributed by atoms with E-state index < -0.39 is 8.07 Å². The van der Waals surface area contributed by atoms with Gasteiger partial charge in [-0.25, -0.2) is 4.99 Å². The molecular formula is C23H34BNOSi. The highest BCUT2D eigenvalue weighted by Gasteiger charge is 2.50. The molecule has 0 spiro atoms. The zero-order chi connectivity index (χ0) is 19.4. The molecule has 1 unspecified atom stereocenters. The Hall–Kier alpha value is -1.47. The minimum absolute atomic E-state index is 0.262. The fourth-order valence-electron chi connectivity index (χ4n) is 5.44. The summed E-state index contributed by atoms with van der Waals surface area (Å²) in [6.45, 7) is 9.90. The molecule has 2 nitrogen and oxygen atoms in total. The number of nitrogens with zero attached hydrogens (tertiary/aromatic N) is 1. The van der Waals surface area contributed by atoms with Crippen molar-refractivity contribution >= 4 is 20.9 Å². The molecule has 2 bridgehead atoms. The molecule has 0 saturated carbocycles. The van der Waals surface area contributed by atoms with E-state index in [0.29, 0.717) is 12.7 Å². The summed E-state index contributed by atoms with van der Waals surface area (Å²) in [5.41, 5.74) is 1.78. The third-order valence-corrected chi connectivity index (χ3v) is 9.32. The molecule has 2 aliphatic heterocycles. The molecule has 2 heterocycles. The molecule has 0 N–H and O–H groups in total. The van der Waals surface area contributed by atoms with Crippen LogP contribution in [0.3, 0.4) is 0 Å². The predicted octanol–water partition coefficient (Wildman–Crippen LogP) is 6.39. The maximum Gasteiger partial charge on any atom is 0.363 e. The van der Waals surface area contributed by atoms with Crippen molar-refractivity contribution in [3.63, 3.8) is 0 Å². The van der Waals surface area contributed by atoms with Gasteiger partial charge in [0.1, 0.15) is 6.04 Å². The summed E-state index contributed by atoms with van der Waals surface area (Å²) >= 11 is 0. The van der Waals surface area contributed by atoms with Gasteiger partial charge in [0.15, 0.2) is 5.90 Å². The molecule has 4 heteroatoms. The fourth-order valence-corrected chi connectivity index (χ4v) is 8.52. The normalized spacial score (nSPS) is 27.4. The zero-order valence-electron chi connectivity index (χ0n) is 17.4. The second-order valence-corrected chi connectivity index (χ2v) is 14.9. The third kappa shape index (κ3) is 4.88. The number of hydrogen-bond acceptors (Lipinski definition) is 2. The maximum atomic E-state index is 6.67. The van der Waals surface area contributed by atoms with Crippen LogP contribution in [0.25, 0.3) is 0 Å². The second-order valence-electron chi connectivity index (χ2n) is 9.48. The highest BCUT2D eigenvalue weighted by atomic mass is 28.3. The molecular weight excluding hydrogens is 345 g/mol. The van der Waals surface area contributed by atoms with E-state index in [1.54, 1.807) is 0 Å². The Morgan fingerprint density at radius 1 is 1.15 bits per heavy atom. The van der Waals surface area contributed by atoms with Crippen molar-refractivity contribution < 1.29 is 4.65 Å². The van der Waals surface area contributed by atoms with Gasteiger partial charge in [0, 0.05) is 15.0 Å². The van der Waals surface area contributed by atoms with E-state index in [9.17, 15) is 0 Å². The van der Waals surface area contributed by atoms with Gasteiger partial charge in [0.05, 0.1) is 0 Å². The van der Waals surface area contributed by atoms with Gasteiger partial charge in [-0.2, -0.15) is 0 Å². The summed E-state index contributed by atoms with van der Waals surface area (Å²) in [6.07, 6.45) is 13.9. The lowest BCUT2D eigenvalue weighted by Crippen LogP contribution is -2.45. The van der Waals surface area contributed by atoms with Crippen molar-refractivity contribution in [2.75, 3.05) is 0 Å². The predicted molar refractivity (Wildman–Crippen MR) is 120 cm³/mol. The highest BCUT2D eigenvalue weighted by molar-refractivity contribution is 6.89. The van der Waals surface area contributed by atoms with Crippen LogP contribution in [0.15, 0.2) is 35.3 Å². The van der Waals surface area contributed by atoms with E-state index in [0.717, 1.165) is 22.8 Å². The molecule has 0 radical (unpaired) electrons. The van der Waals surface area contributed by atoms with Crippen molar-refractivity contribution in [3.05, 3.63) is 35.9 Å². The first-order chi connectivity index (χ1) is 12.9. The second kappa shape index (κ2) is 8.69. The first kappa shape index (κ1) is 20.3. The summed E-state index contributed by atoms with van der Waals surface area (Å²) in [5, 5.41) is 0. The summed E-state index contributed by atoms with van der Waals surface area (Å²) in [7, 11) is -1.34. The topological polar surface area (TPSA) is 21.6 Å². The van der Waals surface area contributed by atoms with Crippen LogP contribution >= 0.6 is 0 Å². The van der Waals surface area contributed by atoms with E-state index in [-0.39, 0.29) is 6.04 Å². The number of terminal acetylenes is 1. The number of fused-ring (bicyclic) bond motifs is 3. The molecule has 144 valence electrons. The van der Waals surface area contributed by atoms with E-state index in [1.165, 1.54) is 38.5 Å². The van der Waals surface area contributed by atoms with Crippen LogP contribution in [0.5, 0.6) is 0 Å². The van der Waals surface area contributed by atoms with E-state index >= 15 is 0 Å². The Kier molecular flexibility index (Phi) is 6.53. The Balaban J connectivity index is 1.85. The average Bonchev–Trinajstić information content (AvgIpc) is 2.88. The molecule has 0 aromatic heterocycles. The van der Waals surface area contributed by atoms with Crippen molar-refractivity contribution in [1.82, 2.24) is 0 Å². The monoisotopic (exact) mass is 379 g/mol. The molecule has 2 fully saturated rings. The van der Waals surface area contributed by atoms with Crippen LogP contribution in [-0.4, -0.2) is 20.9 Å². The first-order valence-electron chi connectivity index (χ1n) is 10.6. The van der Waals surface area contributed by atoms with Crippen LogP contribution in [0, 0.1) is 18.3 Å². The van der Waals surface area contributed by atoms with Gasteiger partial charge in [-0.3, -0.25) is 0 Å². The van der Waals surface area contributed by atoms with Gasteiger partial charge in [-0.1, -0.05) is 94.4 Å². The number of aliphatic imine (C=N–C) groups is 1. The van der Waals surface area contributed by atoms with Crippen molar-refractivity contribution in [2.24, 2.45) is 10.9 Å². The smallest absolute Gasteiger partial charge is 0.363 e. The van der Waals surface area contributed by atoms with Gasteiger partial charge in [0.2, 0.25) is 0 Å². The standard InChI is InChI=1S/C23H34BNOSi/c1-6-22(19-12-8-7-9-13-19)25-18(2)26-24-21-16-10-14-20(15-11-17-21)23(24)27(3,4)5/h1,7-9,12-13,20-23H,10-11,14-17H2,2-5H3/t20?,21?,22-,23?/m0/s1. The molecule has 1 aromatic carbocycles. The van der Waals surface area contributed by atoms with E-state index in [1.807, 2.05) is 37.3 Å². The number of benzene rings is 1. The van der Waals surface area contributed by atoms with E-state index in [2.05, 4.69) is 25.6 Å². The van der Waals surface area contributed by atoms with Crippen LogP contribution in [0.1, 0.15) is 57.1 Å². The van der Waals surface area contributed by atoms with Crippen LogP contribution in [0.4, 0.5) is 0 Å². The average molecular weight is 379 g/mol. The van der Waals surface area contributed by atoms with E-state index in [4.69, 9.17) is 16.1 Å². The molecule has 2 aliphatic rings. The summed E-state index contributed by atoms with van der Waals surface area (Å²) in [4.78, 5) is 4.79. The molecule has 1 aromatic rings.